The number of rotatable bonds is 8. The second-order valence-electron chi connectivity index (χ2n) is 4.59. The molecule has 0 spiro atoms. The van der Waals surface area contributed by atoms with Crippen LogP contribution in [0.25, 0.3) is 0 Å². The first kappa shape index (κ1) is 13.8. The van der Waals surface area contributed by atoms with E-state index < -0.39 is 0 Å². The highest BCUT2D eigenvalue weighted by atomic mass is 16.5. The van der Waals surface area contributed by atoms with Crippen molar-refractivity contribution >= 4 is 0 Å². The lowest BCUT2D eigenvalue weighted by Crippen LogP contribution is -2.12. The highest BCUT2D eigenvalue weighted by molar-refractivity contribution is 5.27. The van der Waals surface area contributed by atoms with Crippen LogP contribution in [0.2, 0.25) is 0 Å². The third-order valence-corrected chi connectivity index (χ3v) is 2.51. The van der Waals surface area contributed by atoms with E-state index in [9.17, 15) is 0 Å². The van der Waals surface area contributed by atoms with E-state index in [0.29, 0.717) is 5.92 Å². The zero-order valence-corrected chi connectivity index (χ0v) is 10.9. The van der Waals surface area contributed by atoms with Gasteiger partial charge in [0, 0.05) is 13.1 Å². The summed E-state index contributed by atoms with van der Waals surface area (Å²) in [5.74, 6) is 1.65. The summed E-state index contributed by atoms with van der Waals surface area (Å²) in [6, 6.07) is 8.26. The Balaban J connectivity index is 2.31. The normalized spacial score (nSPS) is 10.5. The first-order valence-corrected chi connectivity index (χ1v) is 6.25. The molecule has 0 atom stereocenters. The average Bonchev–Trinajstić information content (AvgIpc) is 2.31. The Hall–Kier alpha value is -1.28. The van der Waals surface area contributed by atoms with Gasteiger partial charge in [0.25, 0.3) is 0 Å². The average molecular weight is 233 g/mol. The molecule has 17 heavy (non-hydrogen) atoms. The molecule has 1 aromatic rings. The van der Waals surface area contributed by atoms with E-state index in [1.54, 1.807) is 0 Å². The van der Waals surface area contributed by atoms with Crippen LogP contribution in [0.3, 0.4) is 0 Å². The maximum Gasteiger partial charge on any atom is 0.119 e. The molecule has 2 heteroatoms. The third kappa shape index (κ3) is 6.12. The van der Waals surface area contributed by atoms with Crippen molar-refractivity contribution in [1.82, 2.24) is 5.32 Å². The number of hydrogen-bond acceptors (Lipinski definition) is 2. The molecule has 0 fully saturated rings. The predicted molar refractivity (Wildman–Crippen MR) is 73.3 cm³/mol. The quantitative estimate of drug-likeness (QED) is 0.549. The zero-order valence-electron chi connectivity index (χ0n) is 10.9. The van der Waals surface area contributed by atoms with Crippen LogP contribution in [0, 0.1) is 5.92 Å². The molecule has 0 amide bonds. The second kappa shape index (κ2) is 7.91. The van der Waals surface area contributed by atoms with E-state index in [1.165, 1.54) is 5.56 Å². The fourth-order valence-corrected chi connectivity index (χ4v) is 1.43. The highest BCUT2D eigenvalue weighted by Gasteiger charge is 1.97. The molecule has 0 heterocycles. The van der Waals surface area contributed by atoms with Crippen LogP contribution in [0.15, 0.2) is 36.9 Å². The molecule has 0 aliphatic carbocycles. The SMILES string of the molecule is C=CCNCc1ccc(OCCC(C)C)cc1. The van der Waals surface area contributed by atoms with Crippen LogP contribution in [-0.2, 0) is 6.54 Å². The summed E-state index contributed by atoms with van der Waals surface area (Å²) < 4.78 is 5.66. The van der Waals surface area contributed by atoms with E-state index in [1.807, 2.05) is 18.2 Å². The van der Waals surface area contributed by atoms with E-state index >= 15 is 0 Å². The lowest BCUT2D eigenvalue weighted by Gasteiger charge is -2.09. The van der Waals surface area contributed by atoms with Crippen LogP contribution >= 0.6 is 0 Å². The summed E-state index contributed by atoms with van der Waals surface area (Å²) in [6.07, 6.45) is 2.96. The summed E-state index contributed by atoms with van der Waals surface area (Å²) in [6.45, 7) is 10.6. The molecule has 0 aromatic heterocycles. The highest BCUT2D eigenvalue weighted by Crippen LogP contribution is 2.13. The van der Waals surface area contributed by atoms with Crippen LogP contribution in [0.5, 0.6) is 5.75 Å². The molecule has 1 rings (SSSR count). The predicted octanol–water partition coefficient (Wildman–Crippen LogP) is 3.39. The summed E-state index contributed by atoms with van der Waals surface area (Å²) in [4.78, 5) is 0. The molecule has 0 radical (unpaired) electrons. The van der Waals surface area contributed by atoms with Crippen molar-refractivity contribution < 1.29 is 4.74 Å². The van der Waals surface area contributed by atoms with Crippen molar-refractivity contribution in [1.29, 1.82) is 0 Å². The maximum absolute atomic E-state index is 5.66. The van der Waals surface area contributed by atoms with Gasteiger partial charge in [-0.25, -0.2) is 0 Å². The maximum atomic E-state index is 5.66. The minimum absolute atomic E-state index is 0.692. The largest absolute Gasteiger partial charge is 0.494 e. The number of ether oxygens (including phenoxy) is 1. The Bertz CT molecular complexity index is 316. The molecular formula is C15H23NO. The van der Waals surface area contributed by atoms with Crippen LogP contribution in [0.1, 0.15) is 25.8 Å². The van der Waals surface area contributed by atoms with E-state index in [0.717, 1.165) is 31.9 Å². The van der Waals surface area contributed by atoms with Gasteiger partial charge in [0.1, 0.15) is 5.75 Å². The Morgan fingerprint density at radius 2 is 2.00 bits per heavy atom. The second-order valence-corrected chi connectivity index (χ2v) is 4.59. The molecule has 0 aliphatic heterocycles. The first-order chi connectivity index (χ1) is 8.22. The number of benzene rings is 1. The Kier molecular flexibility index (Phi) is 6.41. The monoisotopic (exact) mass is 233 g/mol. The first-order valence-electron chi connectivity index (χ1n) is 6.25. The third-order valence-electron chi connectivity index (χ3n) is 2.51. The fraction of sp³-hybridized carbons (Fsp3) is 0.467. The van der Waals surface area contributed by atoms with E-state index in [-0.39, 0.29) is 0 Å². The van der Waals surface area contributed by atoms with Gasteiger partial charge in [-0.15, -0.1) is 6.58 Å². The molecule has 0 unspecified atom stereocenters. The molecule has 0 saturated carbocycles. The Labute approximate surface area is 105 Å². The van der Waals surface area contributed by atoms with Gasteiger partial charge >= 0.3 is 0 Å². The smallest absolute Gasteiger partial charge is 0.119 e. The Morgan fingerprint density at radius 1 is 1.29 bits per heavy atom. The molecule has 1 aromatic carbocycles. The number of nitrogens with one attached hydrogen (secondary N) is 1. The molecule has 0 saturated heterocycles. The lowest BCUT2D eigenvalue weighted by molar-refractivity contribution is 0.289. The van der Waals surface area contributed by atoms with Crippen LogP contribution in [0.4, 0.5) is 0 Å². The van der Waals surface area contributed by atoms with Gasteiger partial charge in [0.2, 0.25) is 0 Å². The molecular weight excluding hydrogens is 210 g/mol. The lowest BCUT2D eigenvalue weighted by atomic mass is 10.1. The van der Waals surface area contributed by atoms with Gasteiger partial charge in [0.15, 0.2) is 0 Å². The van der Waals surface area contributed by atoms with Crippen LogP contribution in [-0.4, -0.2) is 13.2 Å². The van der Waals surface area contributed by atoms with Gasteiger partial charge in [-0.1, -0.05) is 32.1 Å². The van der Waals surface area contributed by atoms with Crippen molar-refractivity contribution in [2.75, 3.05) is 13.2 Å². The van der Waals surface area contributed by atoms with Gasteiger partial charge in [-0.3, -0.25) is 0 Å². The zero-order chi connectivity index (χ0) is 12.5. The molecule has 1 N–H and O–H groups in total. The number of hydrogen-bond donors (Lipinski definition) is 1. The Morgan fingerprint density at radius 3 is 2.59 bits per heavy atom. The molecule has 2 nitrogen and oxygen atoms in total. The van der Waals surface area contributed by atoms with Gasteiger partial charge in [-0.05, 0) is 30.0 Å². The summed E-state index contributed by atoms with van der Waals surface area (Å²) in [5, 5.41) is 3.27. The van der Waals surface area contributed by atoms with E-state index in [4.69, 9.17) is 4.74 Å². The van der Waals surface area contributed by atoms with Crippen molar-refractivity contribution in [3.05, 3.63) is 42.5 Å². The topological polar surface area (TPSA) is 21.3 Å². The molecule has 94 valence electrons. The summed E-state index contributed by atoms with van der Waals surface area (Å²) in [7, 11) is 0. The van der Waals surface area contributed by atoms with Crippen LogP contribution < -0.4 is 10.1 Å². The fourth-order valence-electron chi connectivity index (χ4n) is 1.43. The van der Waals surface area contributed by atoms with Gasteiger partial charge in [0.05, 0.1) is 6.61 Å². The summed E-state index contributed by atoms with van der Waals surface area (Å²) >= 11 is 0. The van der Waals surface area contributed by atoms with Crippen molar-refractivity contribution in [2.24, 2.45) is 5.92 Å². The minimum atomic E-state index is 0.692. The van der Waals surface area contributed by atoms with Crippen molar-refractivity contribution in [3.63, 3.8) is 0 Å². The van der Waals surface area contributed by atoms with Crippen molar-refractivity contribution in [2.45, 2.75) is 26.8 Å². The molecule has 0 aliphatic rings. The van der Waals surface area contributed by atoms with Gasteiger partial charge in [-0.2, -0.15) is 0 Å². The van der Waals surface area contributed by atoms with Crippen molar-refractivity contribution in [3.8, 4) is 5.75 Å². The summed E-state index contributed by atoms with van der Waals surface area (Å²) in [5.41, 5.74) is 1.27. The van der Waals surface area contributed by atoms with Gasteiger partial charge < -0.3 is 10.1 Å². The standard InChI is InChI=1S/C15H23NO/c1-4-10-16-12-14-5-7-15(8-6-14)17-11-9-13(2)3/h4-8,13,16H,1,9-12H2,2-3H3. The van der Waals surface area contributed by atoms with E-state index in [2.05, 4.69) is 37.9 Å². The molecule has 0 bridgehead atoms. The minimum Gasteiger partial charge on any atom is -0.494 e.